The molecule has 0 amide bonds. The molecule has 10 rings (SSSR count). The molecule has 0 saturated heterocycles. The second kappa shape index (κ2) is 15.7. The third kappa shape index (κ3) is 6.68. The molecular weight excluding hydrogens is 863 g/mol. The van der Waals surface area contributed by atoms with E-state index in [4.69, 9.17) is 0 Å². The van der Waals surface area contributed by atoms with Gasteiger partial charge in [0.05, 0.1) is 0 Å². The fraction of sp³-hybridized carbons (Fsp3) is 0.357. The Labute approximate surface area is 368 Å². The zero-order valence-electron chi connectivity index (χ0n) is 36.2. The molecule has 0 spiro atoms. The van der Waals surface area contributed by atoms with Crippen molar-refractivity contribution in [3.8, 4) is 22.3 Å². The molecule has 0 aliphatic heterocycles. The number of rotatable bonds is 13. The Kier molecular flexibility index (Phi) is 10.7. The molecule has 0 N–H and O–H groups in total. The predicted octanol–water partition coefficient (Wildman–Crippen LogP) is 17.6. The van der Waals surface area contributed by atoms with E-state index in [2.05, 4.69) is 160 Å². The van der Waals surface area contributed by atoms with Crippen LogP contribution < -0.4 is 0 Å². The molecule has 4 heteroatoms. The summed E-state index contributed by atoms with van der Waals surface area (Å²) in [5.41, 5.74) is 14.7. The number of allylic oxidation sites excluding steroid dienone is 2. The normalized spacial score (nSPS) is 20.8. The van der Waals surface area contributed by atoms with Gasteiger partial charge in [-0.3, -0.25) is 0 Å². The van der Waals surface area contributed by atoms with Crippen molar-refractivity contribution in [2.75, 3.05) is 0 Å². The quantitative estimate of drug-likeness (QED) is 0.101. The summed E-state index contributed by atoms with van der Waals surface area (Å²) in [7, 11) is 18.5. The van der Waals surface area contributed by atoms with E-state index in [0.29, 0.717) is 10.8 Å². The average Bonchev–Trinajstić information content (AvgIpc) is 3.81. The molecule has 2 saturated carbocycles. The van der Waals surface area contributed by atoms with Crippen molar-refractivity contribution in [3.63, 3.8) is 0 Å². The summed E-state index contributed by atoms with van der Waals surface area (Å²) >= 11 is -5.10. The number of hydrogen-bond acceptors (Lipinski definition) is 0. The summed E-state index contributed by atoms with van der Waals surface area (Å²) in [5, 5.41) is 5.14. The van der Waals surface area contributed by atoms with Crippen LogP contribution in [0.4, 0.5) is 0 Å². The maximum absolute atomic E-state index is 9.23. The first-order valence-electron chi connectivity index (χ1n) is 23.3. The van der Waals surface area contributed by atoms with E-state index in [1.165, 1.54) is 130 Å². The van der Waals surface area contributed by atoms with Gasteiger partial charge in [0.25, 0.3) is 0 Å². The third-order valence-corrected chi connectivity index (χ3v) is 68.0. The first-order valence-corrected chi connectivity index (χ1v) is 39.6. The predicted molar refractivity (Wildman–Crippen MR) is 262 cm³/mol. The number of benzene rings is 6. The van der Waals surface area contributed by atoms with E-state index in [-0.39, 0.29) is 7.25 Å². The van der Waals surface area contributed by atoms with Crippen molar-refractivity contribution in [1.82, 2.24) is 0 Å². The first-order chi connectivity index (χ1) is 29.0. The summed E-state index contributed by atoms with van der Waals surface area (Å²) in [6.07, 6.45) is 20.5. The van der Waals surface area contributed by atoms with Crippen molar-refractivity contribution in [1.29, 1.82) is 0 Å². The van der Waals surface area contributed by atoms with Crippen molar-refractivity contribution in [3.05, 3.63) is 155 Å². The minimum atomic E-state index is -5.10. The molecule has 4 aliphatic carbocycles. The number of fused-ring (bicyclic) bond motifs is 4. The van der Waals surface area contributed by atoms with Crippen molar-refractivity contribution >= 4 is 56.6 Å². The van der Waals surface area contributed by atoms with Gasteiger partial charge in [0.15, 0.2) is 0 Å². The molecule has 2 fully saturated rings. The van der Waals surface area contributed by atoms with Crippen molar-refractivity contribution in [2.24, 2.45) is 10.8 Å². The minimum absolute atomic E-state index is 0.0957. The molecule has 0 nitrogen and oxygen atoms in total. The van der Waals surface area contributed by atoms with Crippen LogP contribution in [0, 0.1) is 10.8 Å². The van der Waals surface area contributed by atoms with Gasteiger partial charge in [-0.2, -0.15) is 0 Å². The van der Waals surface area contributed by atoms with Gasteiger partial charge in [-0.15, -0.1) is 0 Å². The van der Waals surface area contributed by atoms with Gasteiger partial charge < -0.3 is 0 Å². The van der Waals surface area contributed by atoms with E-state index in [1.54, 1.807) is 11.1 Å². The van der Waals surface area contributed by atoms with Crippen LogP contribution in [0.15, 0.2) is 132 Å². The molecule has 2 unspecified atom stereocenters. The third-order valence-electron chi connectivity index (χ3n) is 16.2. The van der Waals surface area contributed by atoms with E-state index < -0.39 is 21.5 Å². The van der Waals surface area contributed by atoms with Gasteiger partial charge in [0, 0.05) is 0 Å². The molecule has 307 valence electrons. The summed E-state index contributed by atoms with van der Waals surface area (Å²) in [5.74, 6) is -1.75. The molecule has 60 heavy (non-hydrogen) atoms. The molecule has 0 bridgehead atoms. The molecule has 6 aromatic carbocycles. The van der Waals surface area contributed by atoms with Crippen LogP contribution in [0.1, 0.15) is 120 Å². The fourth-order valence-corrected chi connectivity index (χ4v) is 44.2. The Morgan fingerprint density at radius 1 is 0.533 bits per heavy atom. The Hall–Kier alpha value is -3.00. The monoisotopic (exact) mass is 921 g/mol. The van der Waals surface area contributed by atoms with Gasteiger partial charge in [-0.1, -0.05) is 0 Å². The van der Waals surface area contributed by atoms with Crippen LogP contribution in [-0.2, 0) is 15.6 Å². The summed E-state index contributed by atoms with van der Waals surface area (Å²) in [6, 6.07) is 45.9. The van der Waals surface area contributed by atoms with Gasteiger partial charge in [-0.05, 0) is 0 Å². The van der Waals surface area contributed by atoms with Gasteiger partial charge >= 0.3 is 371 Å². The summed E-state index contributed by atoms with van der Waals surface area (Å²) in [6.45, 7) is 9.86. The van der Waals surface area contributed by atoms with Crippen LogP contribution >= 0.6 is 17.0 Å². The zero-order valence-corrected chi connectivity index (χ0v) is 41.3. The van der Waals surface area contributed by atoms with E-state index >= 15 is 0 Å². The molecule has 2 atom stereocenters. The van der Waals surface area contributed by atoms with Crippen LogP contribution in [0.25, 0.3) is 56.0 Å². The van der Waals surface area contributed by atoms with Gasteiger partial charge in [0.1, 0.15) is 0 Å². The molecule has 0 radical (unpaired) electrons. The van der Waals surface area contributed by atoms with Crippen LogP contribution in [0.5, 0.6) is 0 Å². The Morgan fingerprint density at radius 3 is 1.32 bits per heavy atom. The molecule has 6 aromatic rings. The average molecular weight is 924 g/mol. The second-order valence-electron chi connectivity index (χ2n) is 20.0. The summed E-state index contributed by atoms with van der Waals surface area (Å²) in [4.78, 5) is 0. The first kappa shape index (κ1) is 41.0. The molecule has 0 heterocycles. The maximum atomic E-state index is 9.23. The Bertz CT molecular complexity index is 2520. The molecular formula is C56H61Cl2SiZr. The van der Waals surface area contributed by atoms with Gasteiger partial charge in [-0.25, -0.2) is 0 Å². The van der Waals surface area contributed by atoms with Crippen LogP contribution in [-0.4, -0.2) is 5.92 Å². The number of hydrogen-bond donors (Lipinski definition) is 0. The van der Waals surface area contributed by atoms with E-state index in [9.17, 15) is 17.0 Å². The molecule has 0 aromatic heterocycles. The molecule has 4 aliphatic rings. The van der Waals surface area contributed by atoms with Crippen molar-refractivity contribution < 1.29 is 15.6 Å². The van der Waals surface area contributed by atoms with Crippen LogP contribution in [0.2, 0.25) is 13.1 Å². The standard InChI is InChI=1S/2C27H27.C2H7Si.2ClH.Zr/c2*1-2-13-27(14-6-15-27)19-20-16-23-9-5-10-25(26(23)17-20)24-12-11-21-7-3-4-8-22(21)18-24;1-3-2;;;/h2*3-5,7-12,16-18H,2,6,13-15,19H2,1H3;3H,1-2H3;2*1H;/q;;;;;+2/p-2. The van der Waals surface area contributed by atoms with Crippen molar-refractivity contribution in [2.45, 2.75) is 111 Å². The SMILES string of the molecule is CCCC1(CC2=Cc3c(-c4ccc5ccccc5c4)cccc3[CH]2[Zr]([Cl])([Cl])([CH]2C(CC3(CCC)CCC3)=Cc3c(-c4ccc5ccccc5c4)cccc32)[SiH](C)C)CCC1. The Balaban J connectivity index is 1.19. The fourth-order valence-electron chi connectivity index (χ4n) is 12.9. The van der Waals surface area contributed by atoms with Crippen LogP contribution in [0.3, 0.4) is 0 Å². The zero-order chi connectivity index (χ0) is 41.3. The van der Waals surface area contributed by atoms with E-state index in [1.807, 2.05) is 0 Å². The summed E-state index contributed by atoms with van der Waals surface area (Å²) < 4.78 is 0.191. The topological polar surface area (TPSA) is 0 Å². The second-order valence-corrected chi connectivity index (χ2v) is 62.5. The van der Waals surface area contributed by atoms with Gasteiger partial charge in [0.2, 0.25) is 0 Å². The van der Waals surface area contributed by atoms with E-state index in [0.717, 1.165) is 12.8 Å². The Morgan fingerprint density at radius 2 is 0.950 bits per heavy atom. The number of halogens is 2.